The molecule has 0 atom stereocenters. The third-order valence-corrected chi connectivity index (χ3v) is 3.92. The summed E-state index contributed by atoms with van der Waals surface area (Å²) in [4.78, 5) is 6.76. The highest BCUT2D eigenvalue weighted by Gasteiger charge is 2.18. The Morgan fingerprint density at radius 2 is 2.17 bits per heavy atom. The lowest BCUT2D eigenvalue weighted by atomic mass is 10.0. The Kier molecular flexibility index (Phi) is 3.00. The van der Waals surface area contributed by atoms with Crippen LogP contribution in [-0.2, 0) is 20.0 Å². The van der Waals surface area contributed by atoms with Gasteiger partial charge in [0, 0.05) is 19.3 Å². The second-order valence-electron chi connectivity index (χ2n) is 4.71. The van der Waals surface area contributed by atoms with Gasteiger partial charge in [0.15, 0.2) is 0 Å². The molecule has 0 fully saturated rings. The molecule has 94 valence electrons. The molecule has 1 aliphatic heterocycles. The number of halogens is 1. The van der Waals surface area contributed by atoms with Gasteiger partial charge in [-0.3, -0.25) is 0 Å². The molecule has 0 radical (unpaired) electrons. The number of imidazole rings is 1. The first kappa shape index (κ1) is 11.6. The maximum Gasteiger partial charge on any atom is 0.129 e. The van der Waals surface area contributed by atoms with E-state index in [0.717, 1.165) is 18.9 Å². The average Bonchev–Trinajstić information content (AvgIpc) is 2.71. The fraction of sp³-hybridized carbons (Fsp3) is 0.357. The Morgan fingerprint density at radius 3 is 2.94 bits per heavy atom. The Morgan fingerprint density at radius 1 is 1.33 bits per heavy atom. The van der Waals surface area contributed by atoms with Crippen LogP contribution in [0.1, 0.15) is 17.8 Å². The lowest BCUT2D eigenvalue weighted by molar-refractivity contribution is 0.657. The molecule has 0 saturated heterocycles. The largest absolute Gasteiger partial charge is 0.364 e. The predicted octanol–water partition coefficient (Wildman–Crippen LogP) is 3.03. The zero-order chi connectivity index (χ0) is 12.5. The summed E-state index contributed by atoms with van der Waals surface area (Å²) in [5.41, 5.74) is 2.77. The molecule has 1 aromatic heterocycles. The van der Waals surface area contributed by atoms with Gasteiger partial charge in [0.1, 0.15) is 11.0 Å². The van der Waals surface area contributed by atoms with Crippen LogP contribution in [0.4, 0.5) is 5.69 Å². The normalized spacial score (nSPS) is 14.7. The van der Waals surface area contributed by atoms with Crippen molar-refractivity contribution in [1.29, 1.82) is 0 Å². The molecular weight excluding hydrogens is 246 g/mol. The van der Waals surface area contributed by atoms with Crippen LogP contribution in [0.5, 0.6) is 0 Å². The first-order valence-corrected chi connectivity index (χ1v) is 6.62. The minimum Gasteiger partial charge on any atom is -0.364 e. The monoisotopic (exact) mass is 261 g/mol. The van der Waals surface area contributed by atoms with Crippen molar-refractivity contribution in [3.63, 3.8) is 0 Å². The zero-order valence-electron chi connectivity index (χ0n) is 10.4. The number of benzene rings is 1. The number of aryl methyl sites for hydroxylation is 1. The molecule has 0 aliphatic carbocycles. The summed E-state index contributed by atoms with van der Waals surface area (Å²) in [6.07, 6.45) is 4.09. The van der Waals surface area contributed by atoms with Gasteiger partial charge >= 0.3 is 0 Å². The summed E-state index contributed by atoms with van der Waals surface area (Å²) in [5, 5.41) is 0.690. The second kappa shape index (κ2) is 4.65. The van der Waals surface area contributed by atoms with Crippen LogP contribution in [0.25, 0.3) is 0 Å². The second-order valence-corrected chi connectivity index (χ2v) is 5.10. The van der Waals surface area contributed by atoms with E-state index in [4.69, 9.17) is 11.6 Å². The van der Waals surface area contributed by atoms with Crippen LogP contribution in [0.15, 0.2) is 30.5 Å². The highest BCUT2D eigenvalue weighted by Crippen LogP contribution is 2.28. The zero-order valence-corrected chi connectivity index (χ0v) is 11.2. The maximum absolute atomic E-state index is 6.03. The fourth-order valence-corrected chi connectivity index (χ4v) is 2.66. The quantitative estimate of drug-likeness (QED) is 0.829. The van der Waals surface area contributed by atoms with Crippen LogP contribution in [-0.4, -0.2) is 16.1 Å². The molecular formula is C14H16ClN3. The van der Waals surface area contributed by atoms with Crippen LogP contribution < -0.4 is 4.90 Å². The van der Waals surface area contributed by atoms with Gasteiger partial charge < -0.3 is 9.47 Å². The molecule has 0 spiro atoms. The van der Waals surface area contributed by atoms with E-state index in [1.807, 2.05) is 11.6 Å². The molecule has 3 nitrogen and oxygen atoms in total. The van der Waals surface area contributed by atoms with Gasteiger partial charge in [0.05, 0.1) is 12.7 Å². The minimum absolute atomic E-state index is 0.690. The molecule has 0 amide bonds. The van der Waals surface area contributed by atoms with E-state index in [0.29, 0.717) is 5.15 Å². The molecule has 0 saturated carbocycles. The Bertz CT molecular complexity index is 562. The van der Waals surface area contributed by atoms with E-state index < -0.39 is 0 Å². The third-order valence-electron chi connectivity index (χ3n) is 3.57. The van der Waals surface area contributed by atoms with Crippen LogP contribution in [0.3, 0.4) is 0 Å². The van der Waals surface area contributed by atoms with E-state index >= 15 is 0 Å². The number of fused-ring (bicyclic) bond motifs is 1. The summed E-state index contributed by atoms with van der Waals surface area (Å²) in [6, 6.07) is 8.62. The van der Waals surface area contributed by atoms with Gasteiger partial charge in [-0.15, -0.1) is 0 Å². The molecule has 1 aromatic carbocycles. The van der Waals surface area contributed by atoms with E-state index in [-0.39, 0.29) is 0 Å². The van der Waals surface area contributed by atoms with Crippen molar-refractivity contribution in [1.82, 2.24) is 9.55 Å². The summed E-state index contributed by atoms with van der Waals surface area (Å²) in [5.74, 6) is 1.01. The standard InChI is InChI=1S/C14H16ClN3/c1-17-13(15)9-16-14(17)10-18-8-4-6-11-5-2-3-7-12(11)18/h2-3,5,7,9H,4,6,8,10H2,1H3. The number of hydrogen-bond donors (Lipinski definition) is 0. The van der Waals surface area contributed by atoms with E-state index in [1.54, 1.807) is 6.20 Å². The highest BCUT2D eigenvalue weighted by molar-refractivity contribution is 6.29. The number of aromatic nitrogens is 2. The molecule has 4 heteroatoms. The summed E-state index contributed by atoms with van der Waals surface area (Å²) >= 11 is 6.03. The first-order chi connectivity index (χ1) is 8.75. The van der Waals surface area contributed by atoms with Crippen molar-refractivity contribution >= 4 is 17.3 Å². The van der Waals surface area contributed by atoms with E-state index in [1.165, 1.54) is 24.1 Å². The van der Waals surface area contributed by atoms with Gasteiger partial charge in [-0.05, 0) is 24.5 Å². The molecule has 2 aromatic rings. The number of hydrogen-bond acceptors (Lipinski definition) is 2. The van der Waals surface area contributed by atoms with Crippen LogP contribution in [0, 0.1) is 0 Å². The minimum atomic E-state index is 0.690. The smallest absolute Gasteiger partial charge is 0.129 e. The SMILES string of the molecule is Cn1c(Cl)cnc1CN1CCCc2ccccc21. The molecule has 0 N–H and O–H groups in total. The first-order valence-electron chi connectivity index (χ1n) is 6.24. The average molecular weight is 262 g/mol. The molecule has 1 aliphatic rings. The molecule has 18 heavy (non-hydrogen) atoms. The summed E-state index contributed by atoms with van der Waals surface area (Å²) in [7, 11) is 1.96. The van der Waals surface area contributed by atoms with Gasteiger partial charge in [0.25, 0.3) is 0 Å². The van der Waals surface area contributed by atoms with Crippen molar-refractivity contribution in [2.45, 2.75) is 19.4 Å². The van der Waals surface area contributed by atoms with Gasteiger partial charge in [-0.25, -0.2) is 4.98 Å². The Labute approximate surface area is 112 Å². The van der Waals surface area contributed by atoms with Gasteiger partial charge in [-0.1, -0.05) is 29.8 Å². The summed E-state index contributed by atoms with van der Waals surface area (Å²) in [6.45, 7) is 1.90. The van der Waals surface area contributed by atoms with Crippen LogP contribution >= 0.6 is 11.6 Å². The van der Waals surface area contributed by atoms with Crippen molar-refractivity contribution in [3.05, 3.63) is 47.0 Å². The van der Waals surface area contributed by atoms with Gasteiger partial charge in [-0.2, -0.15) is 0 Å². The van der Waals surface area contributed by atoms with Crippen molar-refractivity contribution < 1.29 is 0 Å². The highest BCUT2D eigenvalue weighted by atomic mass is 35.5. The topological polar surface area (TPSA) is 21.1 Å². The molecule has 3 rings (SSSR count). The molecule has 0 unspecified atom stereocenters. The van der Waals surface area contributed by atoms with Crippen molar-refractivity contribution in [2.75, 3.05) is 11.4 Å². The number of nitrogens with zero attached hydrogens (tertiary/aromatic N) is 3. The molecule has 2 heterocycles. The van der Waals surface area contributed by atoms with Crippen molar-refractivity contribution in [2.24, 2.45) is 7.05 Å². The van der Waals surface area contributed by atoms with E-state index in [2.05, 4.69) is 34.1 Å². The third kappa shape index (κ3) is 1.99. The van der Waals surface area contributed by atoms with Crippen LogP contribution in [0.2, 0.25) is 5.15 Å². The predicted molar refractivity (Wildman–Crippen MR) is 74.0 cm³/mol. The number of anilines is 1. The van der Waals surface area contributed by atoms with E-state index in [9.17, 15) is 0 Å². The Hall–Kier alpha value is -1.48. The molecule has 0 bridgehead atoms. The lowest BCUT2D eigenvalue weighted by Gasteiger charge is -2.30. The fourth-order valence-electron chi connectivity index (χ4n) is 2.52. The van der Waals surface area contributed by atoms with Crippen molar-refractivity contribution in [3.8, 4) is 0 Å². The lowest BCUT2D eigenvalue weighted by Crippen LogP contribution is -2.29. The summed E-state index contributed by atoms with van der Waals surface area (Å²) < 4.78 is 1.94. The number of para-hydroxylation sites is 1. The van der Waals surface area contributed by atoms with Gasteiger partial charge in [0.2, 0.25) is 0 Å². The Balaban J connectivity index is 1.89. The maximum atomic E-state index is 6.03. The number of rotatable bonds is 2.